The van der Waals surface area contributed by atoms with Gasteiger partial charge in [-0.2, -0.15) is 5.10 Å². The molecular formula is C22H24N4O2S2. The van der Waals surface area contributed by atoms with Crippen molar-refractivity contribution in [1.29, 1.82) is 0 Å². The normalized spacial score (nSPS) is 25.9. The summed E-state index contributed by atoms with van der Waals surface area (Å²) in [7, 11) is 0. The molecule has 3 aliphatic rings. The molecule has 4 heterocycles. The Labute approximate surface area is 183 Å². The lowest BCUT2D eigenvalue weighted by atomic mass is 9.79. The first kappa shape index (κ1) is 19.7. The van der Waals surface area contributed by atoms with E-state index in [4.69, 9.17) is 5.10 Å². The highest BCUT2D eigenvalue weighted by molar-refractivity contribution is 7.11. The molecule has 1 saturated carbocycles. The third-order valence-electron chi connectivity index (χ3n) is 5.93. The number of fused-ring (bicyclic) bond motifs is 1. The number of thiophene rings is 2. The van der Waals surface area contributed by atoms with E-state index in [-0.39, 0.29) is 36.9 Å². The van der Waals surface area contributed by atoms with Gasteiger partial charge >= 0.3 is 0 Å². The molecule has 0 radical (unpaired) electrons. The molecule has 1 N–H and O–H groups in total. The Kier molecular flexibility index (Phi) is 5.54. The van der Waals surface area contributed by atoms with Gasteiger partial charge in [0.05, 0.1) is 24.8 Å². The zero-order valence-corrected chi connectivity index (χ0v) is 18.3. The highest BCUT2D eigenvalue weighted by Gasteiger charge is 2.44. The summed E-state index contributed by atoms with van der Waals surface area (Å²) in [6.07, 6.45) is 5.39. The number of nitrogens with one attached hydrogen (secondary N) is 1. The standard InChI is InChI=1S/C22H24N4O2S2/c27-19-13-25(9-8-23-19)14-20(28)26-22(18-7-3-11-30-18)17-6-1-4-15(21(17)24-26)12-16-5-2-10-29-16/h2-3,5,7,10-12,17,22H,1,4,6,8-9,13-14H2,(H,23,27)/b15-12-. The summed E-state index contributed by atoms with van der Waals surface area (Å²) in [6, 6.07) is 8.30. The third-order valence-corrected chi connectivity index (χ3v) is 7.69. The summed E-state index contributed by atoms with van der Waals surface area (Å²) < 4.78 is 0. The SMILES string of the molecule is O=C1CN(CC(=O)N2N=C3/C(=C\c4cccs4)CCCC3C2c2cccs2)CCN1. The first-order chi connectivity index (χ1) is 14.7. The van der Waals surface area contributed by atoms with Crippen LogP contribution in [0.1, 0.15) is 35.1 Å². The lowest BCUT2D eigenvalue weighted by Gasteiger charge is -2.31. The van der Waals surface area contributed by atoms with E-state index in [2.05, 4.69) is 40.4 Å². The van der Waals surface area contributed by atoms with Crippen LogP contribution in [-0.2, 0) is 9.59 Å². The van der Waals surface area contributed by atoms with Crippen LogP contribution < -0.4 is 5.32 Å². The molecule has 2 aromatic rings. The zero-order valence-electron chi connectivity index (χ0n) is 16.6. The molecule has 1 aliphatic carbocycles. The maximum absolute atomic E-state index is 13.3. The van der Waals surface area contributed by atoms with Crippen molar-refractivity contribution in [3.8, 4) is 0 Å². The van der Waals surface area contributed by atoms with Crippen molar-refractivity contribution in [3.63, 3.8) is 0 Å². The highest BCUT2D eigenvalue weighted by Crippen LogP contribution is 2.45. The molecule has 0 bridgehead atoms. The Hall–Kier alpha value is -2.29. The van der Waals surface area contributed by atoms with Gasteiger partial charge in [0.25, 0.3) is 5.91 Å². The number of hydrogen-bond donors (Lipinski definition) is 1. The van der Waals surface area contributed by atoms with E-state index < -0.39 is 0 Å². The maximum atomic E-state index is 13.3. The number of carbonyl (C=O) groups excluding carboxylic acids is 2. The number of rotatable bonds is 4. The molecule has 2 atom stereocenters. The van der Waals surface area contributed by atoms with Crippen LogP contribution in [0.25, 0.3) is 6.08 Å². The van der Waals surface area contributed by atoms with Gasteiger partial charge < -0.3 is 5.32 Å². The lowest BCUT2D eigenvalue weighted by molar-refractivity contribution is -0.136. The molecule has 2 amide bonds. The largest absolute Gasteiger partial charge is 0.354 e. The average Bonchev–Trinajstić information content (AvgIpc) is 3.48. The second-order valence-electron chi connectivity index (χ2n) is 7.93. The quantitative estimate of drug-likeness (QED) is 0.793. The minimum atomic E-state index is -0.0434. The number of hydrogen-bond acceptors (Lipinski definition) is 6. The van der Waals surface area contributed by atoms with Crippen LogP contribution in [-0.4, -0.2) is 53.6 Å². The molecule has 2 aliphatic heterocycles. The fourth-order valence-electron chi connectivity index (χ4n) is 4.58. The summed E-state index contributed by atoms with van der Waals surface area (Å²) in [5, 5.41) is 13.6. The molecular weight excluding hydrogens is 416 g/mol. The Morgan fingerprint density at radius 2 is 2.13 bits per heavy atom. The predicted molar refractivity (Wildman–Crippen MR) is 120 cm³/mol. The monoisotopic (exact) mass is 440 g/mol. The molecule has 156 valence electrons. The number of nitrogens with zero attached hydrogens (tertiary/aromatic N) is 3. The second kappa shape index (κ2) is 8.45. The smallest absolute Gasteiger partial charge is 0.257 e. The van der Waals surface area contributed by atoms with E-state index in [9.17, 15) is 9.59 Å². The van der Waals surface area contributed by atoms with Crippen LogP contribution in [0, 0.1) is 5.92 Å². The molecule has 5 rings (SSSR count). The van der Waals surface area contributed by atoms with Gasteiger partial charge in [-0.05, 0) is 53.8 Å². The number of carbonyl (C=O) groups is 2. The highest BCUT2D eigenvalue weighted by atomic mass is 32.1. The van der Waals surface area contributed by atoms with Gasteiger partial charge in [0.2, 0.25) is 5.91 Å². The molecule has 2 unspecified atom stereocenters. The maximum Gasteiger partial charge on any atom is 0.257 e. The van der Waals surface area contributed by atoms with Crippen LogP contribution in [0.15, 0.2) is 45.7 Å². The molecule has 2 fully saturated rings. The molecule has 6 nitrogen and oxygen atoms in total. The zero-order chi connectivity index (χ0) is 20.5. The van der Waals surface area contributed by atoms with Crippen LogP contribution in [0.3, 0.4) is 0 Å². The van der Waals surface area contributed by atoms with Gasteiger partial charge in [-0.3, -0.25) is 14.5 Å². The van der Waals surface area contributed by atoms with Crippen molar-refractivity contribution >= 4 is 46.3 Å². The molecule has 1 saturated heterocycles. The van der Waals surface area contributed by atoms with Gasteiger partial charge in [-0.25, -0.2) is 5.01 Å². The van der Waals surface area contributed by atoms with E-state index in [0.29, 0.717) is 13.1 Å². The van der Waals surface area contributed by atoms with Gasteiger partial charge in [-0.1, -0.05) is 12.1 Å². The van der Waals surface area contributed by atoms with Crippen LogP contribution in [0.5, 0.6) is 0 Å². The van der Waals surface area contributed by atoms with E-state index in [0.717, 1.165) is 25.0 Å². The summed E-state index contributed by atoms with van der Waals surface area (Å²) >= 11 is 3.41. The van der Waals surface area contributed by atoms with Crippen molar-refractivity contribution in [2.45, 2.75) is 25.3 Å². The van der Waals surface area contributed by atoms with Crippen molar-refractivity contribution in [1.82, 2.24) is 15.2 Å². The predicted octanol–water partition coefficient (Wildman–Crippen LogP) is 3.36. The molecule has 30 heavy (non-hydrogen) atoms. The average molecular weight is 441 g/mol. The van der Waals surface area contributed by atoms with E-state index in [1.807, 2.05) is 11.0 Å². The van der Waals surface area contributed by atoms with Crippen LogP contribution in [0.4, 0.5) is 0 Å². The van der Waals surface area contributed by atoms with E-state index in [1.165, 1.54) is 15.3 Å². The van der Waals surface area contributed by atoms with Crippen molar-refractivity contribution in [2.24, 2.45) is 11.0 Å². The summed E-state index contributed by atoms with van der Waals surface area (Å²) in [4.78, 5) is 29.4. The number of hydrazone groups is 1. The van der Waals surface area contributed by atoms with E-state index in [1.54, 1.807) is 27.7 Å². The topological polar surface area (TPSA) is 65.0 Å². The minimum Gasteiger partial charge on any atom is -0.354 e. The lowest BCUT2D eigenvalue weighted by Crippen LogP contribution is -2.50. The summed E-state index contributed by atoms with van der Waals surface area (Å²) in [5.41, 5.74) is 2.32. The van der Waals surface area contributed by atoms with Gasteiger partial charge in [0.1, 0.15) is 0 Å². The number of allylic oxidation sites excluding steroid dienone is 1. The minimum absolute atomic E-state index is 0.0218. The van der Waals surface area contributed by atoms with Crippen molar-refractivity contribution < 1.29 is 9.59 Å². The van der Waals surface area contributed by atoms with Crippen LogP contribution in [0.2, 0.25) is 0 Å². The fourth-order valence-corrected chi connectivity index (χ4v) is 6.14. The Morgan fingerprint density at radius 1 is 1.27 bits per heavy atom. The van der Waals surface area contributed by atoms with Gasteiger partial charge in [-0.15, -0.1) is 22.7 Å². The fraction of sp³-hybridized carbons (Fsp3) is 0.409. The summed E-state index contributed by atoms with van der Waals surface area (Å²) in [5.74, 6) is 0.184. The summed E-state index contributed by atoms with van der Waals surface area (Å²) in [6.45, 7) is 1.78. The van der Waals surface area contributed by atoms with Gasteiger partial charge in [0.15, 0.2) is 0 Å². The van der Waals surface area contributed by atoms with Crippen molar-refractivity contribution in [3.05, 3.63) is 50.4 Å². The molecule has 2 aromatic heterocycles. The Morgan fingerprint density at radius 3 is 2.90 bits per heavy atom. The first-order valence-corrected chi connectivity index (χ1v) is 12.1. The second-order valence-corrected chi connectivity index (χ2v) is 9.89. The molecule has 8 heteroatoms. The number of amides is 2. The molecule has 0 spiro atoms. The first-order valence-electron chi connectivity index (χ1n) is 10.4. The Balaban J connectivity index is 1.45. The molecule has 0 aromatic carbocycles. The Bertz CT molecular complexity index is 981. The number of piperazine rings is 1. The third kappa shape index (κ3) is 3.87. The van der Waals surface area contributed by atoms with E-state index >= 15 is 0 Å². The van der Waals surface area contributed by atoms with Gasteiger partial charge in [0, 0.05) is 28.8 Å². The van der Waals surface area contributed by atoms with Crippen molar-refractivity contribution in [2.75, 3.05) is 26.2 Å². The van der Waals surface area contributed by atoms with Crippen LogP contribution >= 0.6 is 22.7 Å².